The van der Waals surface area contributed by atoms with Crippen LogP contribution in [0.4, 0.5) is 0 Å². The van der Waals surface area contributed by atoms with Crippen molar-refractivity contribution >= 4 is 17.2 Å². The number of hydrogen-bond acceptors (Lipinski definition) is 7. The van der Waals surface area contributed by atoms with Crippen molar-refractivity contribution in [2.45, 2.75) is 31.3 Å². The van der Waals surface area contributed by atoms with Crippen LogP contribution in [0.5, 0.6) is 0 Å². The Bertz CT molecular complexity index is 716. The fourth-order valence-corrected chi connectivity index (χ4v) is 3.93. The first-order valence-corrected chi connectivity index (χ1v) is 9.22. The summed E-state index contributed by atoms with van der Waals surface area (Å²) in [6.45, 7) is 2.66. The monoisotopic (exact) mass is 364 g/mol. The van der Waals surface area contributed by atoms with Gasteiger partial charge in [0.1, 0.15) is 6.10 Å². The van der Waals surface area contributed by atoms with Crippen molar-refractivity contribution < 1.29 is 19.4 Å². The summed E-state index contributed by atoms with van der Waals surface area (Å²) in [6.07, 6.45) is 2.27. The average molecular weight is 364 g/mol. The molecular weight excluding hydrogens is 344 g/mol. The summed E-state index contributed by atoms with van der Waals surface area (Å²) in [7, 11) is 0. The molecule has 134 valence electrons. The van der Waals surface area contributed by atoms with Crippen molar-refractivity contribution in [2.24, 2.45) is 0 Å². The van der Waals surface area contributed by atoms with Crippen molar-refractivity contribution in [3.05, 3.63) is 34.3 Å². The summed E-state index contributed by atoms with van der Waals surface area (Å²) in [5.74, 6) is -0.649. The Morgan fingerprint density at radius 3 is 2.80 bits per heavy atom. The quantitative estimate of drug-likeness (QED) is 0.872. The van der Waals surface area contributed by atoms with Crippen molar-refractivity contribution in [3.63, 3.8) is 0 Å². The maximum Gasteiger partial charge on any atom is 0.276 e. The minimum atomic E-state index is -0.656. The third-order valence-corrected chi connectivity index (χ3v) is 5.59. The van der Waals surface area contributed by atoms with E-state index in [2.05, 4.69) is 10.3 Å². The number of thiophene rings is 1. The maximum absolute atomic E-state index is 12.6. The van der Waals surface area contributed by atoms with Crippen LogP contribution in [-0.4, -0.2) is 63.0 Å². The molecule has 2 aliphatic rings. The molecular formula is C16H20N4O4S. The van der Waals surface area contributed by atoms with E-state index in [0.29, 0.717) is 44.8 Å². The van der Waals surface area contributed by atoms with E-state index in [1.807, 2.05) is 17.5 Å². The molecule has 1 N–H and O–H groups in total. The number of amides is 1. The largest absolute Gasteiger partial charge is 0.386 e. The SMILES string of the molecule is O=C(c1cn(C[C@@H](O)c2cccs2)nn1)N1CCC2(CC1)OCCO2. The van der Waals surface area contributed by atoms with Gasteiger partial charge < -0.3 is 19.5 Å². The van der Waals surface area contributed by atoms with Gasteiger partial charge in [-0.3, -0.25) is 4.79 Å². The van der Waals surface area contributed by atoms with Crippen LogP contribution in [0.25, 0.3) is 0 Å². The number of rotatable bonds is 4. The van der Waals surface area contributed by atoms with Gasteiger partial charge in [-0.15, -0.1) is 16.4 Å². The standard InChI is InChI=1S/C16H20N4O4S/c21-13(14-2-1-9-25-14)11-20-10-12(17-18-20)15(22)19-5-3-16(4-6-19)23-7-8-24-16/h1-2,9-10,13,21H,3-8,11H2/t13-/m1/s1. The molecule has 2 fully saturated rings. The van der Waals surface area contributed by atoms with Gasteiger partial charge in [-0.25, -0.2) is 4.68 Å². The summed E-state index contributed by atoms with van der Waals surface area (Å²) < 4.78 is 12.9. The van der Waals surface area contributed by atoms with E-state index in [9.17, 15) is 9.90 Å². The molecule has 2 saturated heterocycles. The van der Waals surface area contributed by atoms with Crippen molar-refractivity contribution in [1.82, 2.24) is 19.9 Å². The molecule has 8 nitrogen and oxygen atoms in total. The predicted molar refractivity (Wildman–Crippen MR) is 89.1 cm³/mol. The highest BCUT2D eigenvalue weighted by Gasteiger charge is 2.41. The molecule has 9 heteroatoms. The first-order chi connectivity index (χ1) is 12.2. The molecule has 1 spiro atoms. The van der Waals surface area contributed by atoms with Gasteiger partial charge in [-0.2, -0.15) is 0 Å². The van der Waals surface area contributed by atoms with E-state index < -0.39 is 11.9 Å². The molecule has 25 heavy (non-hydrogen) atoms. The first-order valence-electron chi connectivity index (χ1n) is 8.34. The number of piperidine rings is 1. The van der Waals surface area contributed by atoms with Crippen LogP contribution in [0.1, 0.15) is 34.3 Å². The zero-order valence-corrected chi connectivity index (χ0v) is 14.5. The van der Waals surface area contributed by atoms with Crippen molar-refractivity contribution in [3.8, 4) is 0 Å². The molecule has 2 aromatic heterocycles. The zero-order chi connectivity index (χ0) is 17.3. The molecule has 0 unspecified atom stereocenters. The van der Waals surface area contributed by atoms with Crippen LogP contribution in [0.2, 0.25) is 0 Å². The minimum absolute atomic E-state index is 0.148. The number of likely N-dealkylation sites (tertiary alicyclic amines) is 1. The van der Waals surface area contributed by atoms with Crippen LogP contribution in [0.3, 0.4) is 0 Å². The van der Waals surface area contributed by atoms with E-state index in [-0.39, 0.29) is 12.5 Å². The second-order valence-electron chi connectivity index (χ2n) is 6.26. The van der Waals surface area contributed by atoms with Crippen LogP contribution < -0.4 is 0 Å². The average Bonchev–Trinajstić information content (AvgIpc) is 3.37. The lowest BCUT2D eigenvalue weighted by molar-refractivity contribution is -0.181. The molecule has 2 aliphatic heterocycles. The molecule has 2 aromatic rings. The molecule has 0 saturated carbocycles. The van der Waals surface area contributed by atoms with E-state index in [1.165, 1.54) is 16.0 Å². The number of nitrogens with zero attached hydrogens (tertiary/aromatic N) is 4. The number of aliphatic hydroxyl groups is 1. The number of carbonyl (C=O) groups excluding carboxylic acids is 1. The van der Waals surface area contributed by atoms with Crippen LogP contribution in [0, 0.1) is 0 Å². The second-order valence-corrected chi connectivity index (χ2v) is 7.24. The Morgan fingerprint density at radius 1 is 1.36 bits per heavy atom. The van der Waals surface area contributed by atoms with Gasteiger partial charge in [-0.05, 0) is 11.4 Å². The van der Waals surface area contributed by atoms with Crippen LogP contribution >= 0.6 is 11.3 Å². The van der Waals surface area contributed by atoms with E-state index in [0.717, 1.165) is 4.88 Å². The van der Waals surface area contributed by atoms with E-state index in [4.69, 9.17) is 9.47 Å². The second kappa shape index (κ2) is 6.83. The number of hydrogen-bond donors (Lipinski definition) is 1. The highest BCUT2D eigenvalue weighted by molar-refractivity contribution is 7.10. The normalized spacial score (nSPS) is 20.9. The third kappa shape index (κ3) is 3.45. The number of aromatic nitrogens is 3. The fraction of sp³-hybridized carbons (Fsp3) is 0.562. The smallest absolute Gasteiger partial charge is 0.276 e. The van der Waals surface area contributed by atoms with Gasteiger partial charge in [0.15, 0.2) is 11.5 Å². The van der Waals surface area contributed by atoms with Gasteiger partial charge in [0.2, 0.25) is 0 Å². The number of ether oxygens (including phenoxy) is 2. The van der Waals surface area contributed by atoms with E-state index >= 15 is 0 Å². The molecule has 0 bridgehead atoms. The maximum atomic E-state index is 12.6. The molecule has 0 radical (unpaired) electrons. The Hall–Kier alpha value is -1.81. The molecule has 4 heterocycles. The Kier molecular flexibility index (Phi) is 4.55. The third-order valence-electron chi connectivity index (χ3n) is 4.62. The molecule has 1 amide bonds. The first kappa shape index (κ1) is 16.6. The lowest BCUT2D eigenvalue weighted by Crippen LogP contribution is -2.47. The molecule has 0 aromatic carbocycles. The van der Waals surface area contributed by atoms with Crippen molar-refractivity contribution in [2.75, 3.05) is 26.3 Å². The van der Waals surface area contributed by atoms with Gasteiger partial charge >= 0.3 is 0 Å². The number of carbonyl (C=O) groups is 1. The topological polar surface area (TPSA) is 89.7 Å². The van der Waals surface area contributed by atoms with E-state index in [1.54, 1.807) is 11.1 Å². The predicted octanol–water partition coefficient (Wildman–Crippen LogP) is 1.05. The van der Waals surface area contributed by atoms with Crippen LogP contribution in [-0.2, 0) is 16.0 Å². The zero-order valence-electron chi connectivity index (χ0n) is 13.7. The molecule has 0 aliphatic carbocycles. The lowest BCUT2D eigenvalue weighted by Gasteiger charge is -2.37. The van der Waals surface area contributed by atoms with Crippen molar-refractivity contribution in [1.29, 1.82) is 0 Å². The summed E-state index contributed by atoms with van der Waals surface area (Å²) in [6, 6.07) is 3.76. The van der Waals surface area contributed by atoms with Gasteiger partial charge in [0.25, 0.3) is 5.91 Å². The minimum Gasteiger partial charge on any atom is -0.386 e. The molecule has 4 rings (SSSR count). The van der Waals surface area contributed by atoms with Gasteiger partial charge in [0, 0.05) is 30.8 Å². The summed E-state index contributed by atoms with van der Waals surface area (Å²) in [5, 5.41) is 20.0. The highest BCUT2D eigenvalue weighted by atomic mass is 32.1. The van der Waals surface area contributed by atoms with Gasteiger partial charge in [-0.1, -0.05) is 11.3 Å². The highest BCUT2D eigenvalue weighted by Crippen LogP contribution is 2.31. The summed E-state index contributed by atoms with van der Waals surface area (Å²) in [5.41, 5.74) is 0.294. The summed E-state index contributed by atoms with van der Waals surface area (Å²) in [4.78, 5) is 15.2. The number of aliphatic hydroxyl groups excluding tert-OH is 1. The Labute approximate surface area is 149 Å². The lowest BCUT2D eigenvalue weighted by atomic mass is 10.0. The van der Waals surface area contributed by atoms with Crippen LogP contribution in [0.15, 0.2) is 23.7 Å². The fourth-order valence-electron chi connectivity index (χ4n) is 3.23. The van der Waals surface area contributed by atoms with Gasteiger partial charge in [0.05, 0.1) is 26.0 Å². The summed E-state index contributed by atoms with van der Waals surface area (Å²) >= 11 is 1.48. The Morgan fingerprint density at radius 2 is 2.12 bits per heavy atom. The molecule has 1 atom stereocenters. The Balaban J connectivity index is 1.36.